The standard InChI is InChI=1S/C17H24ClNS/c1-2-20-15-8-7-13(11-15)19-14-9-12(10-14)16-5-3-4-6-17(16)18/h3-6,12-15,19H,2,7-11H2,1H3. The fourth-order valence-corrected chi connectivity index (χ4v) is 5.06. The lowest BCUT2D eigenvalue weighted by molar-refractivity contribution is 0.265. The third-order valence-electron chi connectivity index (χ3n) is 4.74. The first kappa shape index (κ1) is 14.7. The number of hydrogen-bond acceptors (Lipinski definition) is 2. The van der Waals surface area contributed by atoms with Gasteiger partial charge in [0.2, 0.25) is 0 Å². The summed E-state index contributed by atoms with van der Waals surface area (Å²) in [6.07, 6.45) is 6.64. The summed E-state index contributed by atoms with van der Waals surface area (Å²) in [5, 5.41) is 5.71. The van der Waals surface area contributed by atoms with Gasteiger partial charge in [-0.1, -0.05) is 36.7 Å². The molecule has 1 nitrogen and oxygen atoms in total. The lowest BCUT2D eigenvalue weighted by Gasteiger charge is -2.38. The van der Waals surface area contributed by atoms with Crippen LogP contribution in [0.1, 0.15) is 50.5 Å². The van der Waals surface area contributed by atoms with Crippen LogP contribution in [0.15, 0.2) is 24.3 Å². The van der Waals surface area contributed by atoms with Crippen LogP contribution in [0.2, 0.25) is 5.02 Å². The Hall–Kier alpha value is -0.180. The van der Waals surface area contributed by atoms with Crippen LogP contribution in [-0.4, -0.2) is 23.1 Å². The zero-order chi connectivity index (χ0) is 13.9. The summed E-state index contributed by atoms with van der Waals surface area (Å²) in [6.45, 7) is 2.27. The van der Waals surface area contributed by atoms with E-state index in [1.54, 1.807) is 0 Å². The van der Waals surface area contributed by atoms with E-state index in [1.807, 2.05) is 12.1 Å². The maximum absolute atomic E-state index is 6.28. The molecule has 0 aromatic heterocycles. The zero-order valence-corrected chi connectivity index (χ0v) is 13.7. The van der Waals surface area contributed by atoms with E-state index in [-0.39, 0.29) is 0 Å². The van der Waals surface area contributed by atoms with Crippen molar-refractivity contribution in [1.82, 2.24) is 5.32 Å². The fourth-order valence-electron chi connectivity index (χ4n) is 3.63. The highest BCUT2D eigenvalue weighted by molar-refractivity contribution is 7.99. The summed E-state index contributed by atoms with van der Waals surface area (Å²) < 4.78 is 0. The number of hydrogen-bond donors (Lipinski definition) is 1. The van der Waals surface area contributed by atoms with Gasteiger partial charge < -0.3 is 5.32 Å². The van der Waals surface area contributed by atoms with Gasteiger partial charge in [-0.05, 0) is 55.4 Å². The van der Waals surface area contributed by atoms with E-state index in [0.29, 0.717) is 12.0 Å². The third kappa shape index (κ3) is 3.35. The summed E-state index contributed by atoms with van der Waals surface area (Å²) in [5.74, 6) is 1.93. The largest absolute Gasteiger partial charge is 0.311 e. The first-order valence-electron chi connectivity index (χ1n) is 7.88. The van der Waals surface area contributed by atoms with Gasteiger partial charge in [-0.2, -0.15) is 11.8 Å². The van der Waals surface area contributed by atoms with Crippen LogP contribution in [0, 0.1) is 0 Å². The number of halogens is 1. The van der Waals surface area contributed by atoms with Crippen LogP contribution in [0.4, 0.5) is 0 Å². The summed E-state index contributed by atoms with van der Waals surface area (Å²) >= 11 is 8.42. The summed E-state index contributed by atoms with van der Waals surface area (Å²) in [6, 6.07) is 9.80. The lowest BCUT2D eigenvalue weighted by atomic mass is 9.75. The number of nitrogens with one attached hydrogen (secondary N) is 1. The van der Waals surface area contributed by atoms with E-state index >= 15 is 0 Å². The zero-order valence-electron chi connectivity index (χ0n) is 12.1. The number of benzene rings is 1. The van der Waals surface area contributed by atoms with E-state index < -0.39 is 0 Å². The Balaban J connectivity index is 1.44. The quantitative estimate of drug-likeness (QED) is 0.834. The molecule has 0 bridgehead atoms. The van der Waals surface area contributed by atoms with Gasteiger partial charge in [-0.3, -0.25) is 0 Å². The minimum Gasteiger partial charge on any atom is -0.311 e. The van der Waals surface area contributed by atoms with Gasteiger partial charge in [-0.25, -0.2) is 0 Å². The molecular weight excluding hydrogens is 286 g/mol. The van der Waals surface area contributed by atoms with Gasteiger partial charge in [0.1, 0.15) is 0 Å². The maximum atomic E-state index is 6.28. The minimum atomic E-state index is 0.670. The van der Waals surface area contributed by atoms with Crippen LogP contribution in [0.5, 0.6) is 0 Å². The Morgan fingerprint density at radius 3 is 2.70 bits per heavy atom. The van der Waals surface area contributed by atoms with Crippen molar-refractivity contribution in [3.63, 3.8) is 0 Å². The molecule has 0 saturated heterocycles. The van der Waals surface area contributed by atoms with Crippen LogP contribution in [0.3, 0.4) is 0 Å². The van der Waals surface area contributed by atoms with Crippen molar-refractivity contribution in [2.75, 3.05) is 5.75 Å². The molecule has 3 rings (SSSR count). The molecule has 2 fully saturated rings. The Kier molecular flexibility index (Phi) is 4.95. The molecule has 3 heteroatoms. The van der Waals surface area contributed by atoms with Crippen molar-refractivity contribution in [2.45, 2.75) is 62.3 Å². The molecule has 1 aromatic rings. The highest BCUT2D eigenvalue weighted by atomic mass is 35.5. The average Bonchev–Trinajstić information content (AvgIpc) is 2.83. The molecule has 2 atom stereocenters. The second-order valence-corrected chi connectivity index (χ2v) is 8.13. The Morgan fingerprint density at radius 1 is 1.15 bits per heavy atom. The SMILES string of the molecule is CCSC1CCC(NC2CC(c3ccccc3Cl)C2)C1. The van der Waals surface area contributed by atoms with E-state index in [2.05, 4.69) is 36.1 Å². The van der Waals surface area contributed by atoms with Gasteiger partial charge in [0.15, 0.2) is 0 Å². The molecular formula is C17H24ClNS. The van der Waals surface area contributed by atoms with Crippen molar-refractivity contribution >= 4 is 23.4 Å². The molecule has 0 spiro atoms. The monoisotopic (exact) mass is 309 g/mol. The summed E-state index contributed by atoms with van der Waals surface area (Å²) in [5.41, 5.74) is 1.35. The molecule has 0 heterocycles. The average molecular weight is 310 g/mol. The van der Waals surface area contributed by atoms with E-state index in [4.69, 9.17) is 11.6 Å². The van der Waals surface area contributed by atoms with Crippen LogP contribution >= 0.6 is 23.4 Å². The highest BCUT2D eigenvalue weighted by Crippen LogP contribution is 2.41. The van der Waals surface area contributed by atoms with Crippen molar-refractivity contribution in [2.24, 2.45) is 0 Å². The van der Waals surface area contributed by atoms with Gasteiger partial charge in [-0.15, -0.1) is 0 Å². The van der Waals surface area contributed by atoms with Gasteiger partial charge >= 0.3 is 0 Å². The molecule has 1 aromatic carbocycles. The predicted octanol–water partition coefficient (Wildman–Crippen LogP) is 4.85. The van der Waals surface area contributed by atoms with E-state index in [9.17, 15) is 0 Å². The van der Waals surface area contributed by atoms with Gasteiger partial charge in [0, 0.05) is 22.4 Å². The Labute approximate surface area is 131 Å². The molecule has 1 N–H and O–H groups in total. The molecule has 0 amide bonds. The van der Waals surface area contributed by atoms with Crippen molar-refractivity contribution < 1.29 is 0 Å². The van der Waals surface area contributed by atoms with E-state index in [0.717, 1.165) is 16.3 Å². The Morgan fingerprint density at radius 2 is 1.95 bits per heavy atom. The van der Waals surface area contributed by atoms with Crippen LogP contribution in [0.25, 0.3) is 0 Å². The molecule has 2 saturated carbocycles. The first-order chi connectivity index (χ1) is 9.76. The molecule has 0 aliphatic heterocycles. The number of thioether (sulfide) groups is 1. The summed E-state index contributed by atoms with van der Waals surface area (Å²) in [7, 11) is 0. The second-order valence-electron chi connectivity index (χ2n) is 6.14. The van der Waals surface area contributed by atoms with Crippen molar-refractivity contribution in [1.29, 1.82) is 0 Å². The second kappa shape index (κ2) is 6.72. The third-order valence-corrected chi connectivity index (χ3v) is 6.32. The van der Waals surface area contributed by atoms with Crippen molar-refractivity contribution in [3.05, 3.63) is 34.9 Å². The van der Waals surface area contributed by atoms with E-state index in [1.165, 1.54) is 43.4 Å². The molecule has 2 aliphatic carbocycles. The summed E-state index contributed by atoms with van der Waals surface area (Å²) in [4.78, 5) is 0. The molecule has 0 radical (unpaired) electrons. The van der Waals surface area contributed by atoms with Gasteiger partial charge in [0.25, 0.3) is 0 Å². The molecule has 110 valence electrons. The highest BCUT2D eigenvalue weighted by Gasteiger charge is 2.34. The predicted molar refractivity (Wildman–Crippen MR) is 89.9 cm³/mol. The lowest BCUT2D eigenvalue weighted by Crippen LogP contribution is -2.44. The minimum absolute atomic E-state index is 0.670. The Bertz CT molecular complexity index is 444. The number of rotatable bonds is 5. The fraction of sp³-hybridized carbons (Fsp3) is 0.647. The normalized spacial score (nSPS) is 33.1. The molecule has 20 heavy (non-hydrogen) atoms. The topological polar surface area (TPSA) is 12.0 Å². The molecule has 2 aliphatic rings. The van der Waals surface area contributed by atoms with Crippen LogP contribution in [-0.2, 0) is 0 Å². The smallest absolute Gasteiger partial charge is 0.0440 e. The first-order valence-corrected chi connectivity index (χ1v) is 9.31. The van der Waals surface area contributed by atoms with Gasteiger partial charge in [0.05, 0.1) is 0 Å². The van der Waals surface area contributed by atoms with Crippen LogP contribution < -0.4 is 5.32 Å². The molecule has 2 unspecified atom stereocenters. The maximum Gasteiger partial charge on any atom is 0.0440 e. The van der Waals surface area contributed by atoms with Crippen molar-refractivity contribution in [3.8, 4) is 0 Å².